The first kappa shape index (κ1) is 17.1. The van der Waals surface area contributed by atoms with Gasteiger partial charge < -0.3 is 15.4 Å². The van der Waals surface area contributed by atoms with Crippen LogP contribution in [-0.4, -0.2) is 35.4 Å². The third kappa shape index (κ3) is 5.90. The van der Waals surface area contributed by atoms with E-state index < -0.39 is 12.1 Å². The first-order valence-electron chi connectivity index (χ1n) is 6.51. The van der Waals surface area contributed by atoms with Crippen molar-refractivity contribution in [1.29, 1.82) is 0 Å². The number of amides is 2. The third-order valence-corrected chi connectivity index (χ3v) is 3.09. The molecule has 8 heteroatoms. The van der Waals surface area contributed by atoms with Gasteiger partial charge in [0.05, 0.1) is 0 Å². The van der Waals surface area contributed by atoms with E-state index in [0.29, 0.717) is 17.6 Å². The Morgan fingerprint density at radius 2 is 2.00 bits per heavy atom. The second kappa shape index (κ2) is 7.72. The molecule has 2 amide bonds. The summed E-state index contributed by atoms with van der Waals surface area (Å²) in [5.41, 5.74) is 0.0623. The van der Waals surface area contributed by atoms with Gasteiger partial charge in [-0.05, 0) is 12.8 Å². The summed E-state index contributed by atoms with van der Waals surface area (Å²) < 4.78 is 5.03. The number of carbonyl (C=O) groups is 3. The van der Waals surface area contributed by atoms with E-state index in [2.05, 4.69) is 15.6 Å². The SMILES string of the molecule is CC(=O)Nc1nc(C(=O)OC(C)C(=O)NCC(C)C)cs1. The van der Waals surface area contributed by atoms with Gasteiger partial charge >= 0.3 is 5.97 Å². The molecule has 0 radical (unpaired) electrons. The van der Waals surface area contributed by atoms with Crippen molar-refractivity contribution in [3.63, 3.8) is 0 Å². The lowest BCUT2D eigenvalue weighted by Gasteiger charge is -2.13. The van der Waals surface area contributed by atoms with Gasteiger partial charge in [-0.15, -0.1) is 11.3 Å². The number of esters is 1. The molecule has 0 spiro atoms. The summed E-state index contributed by atoms with van der Waals surface area (Å²) in [6.45, 7) is 7.30. The summed E-state index contributed by atoms with van der Waals surface area (Å²) in [5.74, 6) is -1.01. The average Bonchev–Trinajstić information content (AvgIpc) is 2.83. The van der Waals surface area contributed by atoms with E-state index in [-0.39, 0.29) is 17.5 Å². The molecule has 0 saturated carbocycles. The fourth-order valence-corrected chi connectivity index (χ4v) is 2.02. The van der Waals surface area contributed by atoms with E-state index in [1.54, 1.807) is 0 Å². The fourth-order valence-electron chi connectivity index (χ4n) is 1.30. The second-order valence-corrected chi connectivity index (χ2v) is 5.76. The van der Waals surface area contributed by atoms with Gasteiger partial charge in [-0.2, -0.15) is 0 Å². The van der Waals surface area contributed by atoms with Crippen LogP contribution in [0.2, 0.25) is 0 Å². The van der Waals surface area contributed by atoms with Gasteiger partial charge in [0.2, 0.25) is 5.91 Å². The highest BCUT2D eigenvalue weighted by molar-refractivity contribution is 7.14. The number of thiazole rings is 1. The summed E-state index contributed by atoms with van der Waals surface area (Å²) in [7, 11) is 0. The molecule has 1 atom stereocenters. The first-order chi connectivity index (χ1) is 9.79. The highest BCUT2D eigenvalue weighted by atomic mass is 32.1. The van der Waals surface area contributed by atoms with E-state index in [9.17, 15) is 14.4 Å². The Labute approximate surface area is 127 Å². The van der Waals surface area contributed by atoms with Crippen molar-refractivity contribution in [3.8, 4) is 0 Å². The van der Waals surface area contributed by atoms with E-state index in [4.69, 9.17) is 4.74 Å². The Balaban J connectivity index is 2.53. The van der Waals surface area contributed by atoms with Crippen molar-refractivity contribution in [1.82, 2.24) is 10.3 Å². The molecule has 0 bridgehead atoms. The predicted molar refractivity (Wildman–Crippen MR) is 79.1 cm³/mol. The minimum Gasteiger partial charge on any atom is -0.448 e. The summed E-state index contributed by atoms with van der Waals surface area (Å²) in [6.07, 6.45) is -0.901. The van der Waals surface area contributed by atoms with E-state index in [0.717, 1.165) is 11.3 Å². The molecule has 116 valence electrons. The van der Waals surface area contributed by atoms with Gasteiger partial charge in [-0.25, -0.2) is 9.78 Å². The standard InChI is InChI=1S/C13H19N3O4S/c1-7(2)5-14-11(18)8(3)20-12(19)10-6-21-13(16-10)15-9(4)17/h6-8H,5H2,1-4H3,(H,14,18)(H,15,16,17). The summed E-state index contributed by atoms with van der Waals surface area (Å²) in [5, 5.41) is 6.93. The number of anilines is 1. The molecule has 1 aromatic rings. The second-order valence-electron chi connectivity index (χ2n) is 4.91. The Kier molecular flexibility index (Phi) is 6.29. The topological polar surface area (TPSA) is 97.4 Å². The van der Waals surface area contributed by atoms with Crippen molar-refractivity contribution < 1.29 is 19.1 Å². The first-order valence-corrected chi connectivity index (χ1v) is 7.39. The van der Waals surface area contributed by atoms with Crippen LogP contribution in [0.5, 0.6) is 0 Å². The number of carbonyl (C=O) groups excluding carboxylic acids is 3. The minimum atomic E-state index is -0.901. The summed E-state index contributed by atoms with van der Waals surface area (Å²) in [4.78, 5) is 38.3. The number of aromatic nitrogens is 1. The van der Waals surface area contributed by atoms with Gasteiger partial charge in [0.25, 0.3) is 5.91 Å². The van der Waals surface area contributed by atoms with Crippen molar-refractivity contribution in [2.75, 3.05) is 11.9 Å². The quantitative estimate of drug-likeness (QED) is 0.774. The molecule has 1 heterocycles. The molecule has 0 saturated heterocycles. The maximum Gasteiger partial charge on any atom is 0.358 e. The molecular weight excluding hydrogens is 294 g/mol. The van der Waals surface area contributed by atoms with Crippen molar-refractivity contribution >= 4 is 34.3 Å². The van der Waals surface area contributed by atoms with Crippen LogP contribution in [0.4, 0.5) is 5.13 Å². The maximum absolute atomic E-state index is 11.8. The molecule has 1 aromatic heterocycles. The molecule has 0 aromatic carbocycles. The van der Waals surface area contributed by atoms with Crippen LogP contribution in [0.1, 0.15) is 38.2 Å². The Hall–Kier alpha value is -1.96. The van der Waals surface area contributed by atoms with Gasteiger partial charge in [0, 0.05) is 18.8 Å². The zero-order chi connectivity index (χ0) is 16.0. The highest BCUT2D eigenvalue weighted by Crippen LogP contribution is 2.16. The molecule has 21 heavy (non-hydrogen) atoms. The third-order valence-electron chi connectivity index (χ3n) is 2.33. The Morgan fingerprint density at radius 3 is 2.57 bits per heavy atom. The van der Waals surface area contributed by atoms with E-state index in [1.165, 1.54) is 19.2 Å². The lowest BCUT2D eigenvalue weighted by molar-refractivity contribution is -0.129. The molecule has 1 rings (SSSR count). The van der Waals surface area contributed by atoms with E-state index >= 15 is 0 Å². The van der Waals surface area contributed by atoms with Crippen LogP contribution in [0.15, 0.2) is 5.38 Å². The monoisotopic (exact) mass is 313 g/mol. The normalized spacial score (nSPS) is 11.9. The smallest absolute Gasteiger partial charge is 0.358 e. The van der Waals surface area contributed by atoms with Crippen LogP contribution in [0.3, 0.4) is 0 Å². The number of ether oxygens (including phenoxy) is 1. The van der Waals surface area contributed by atoms with Crippen LogP contribution < -0.4 is 10.6 Å². The zero-order valence-electron chi connectivity index (χ0n) is 12.4. The molecule has 7 nitrogen and oxygen atoms in total. The van der Waals surface area contributed by atoms with Crippen molar-refractivity contribution in [2.45, 2.75) is 33.8 Å². The Bertz CT molecular complexity index is 527. The van der Waals surface area contributed by atoms with Gasteiger partial charge in [-0.3, -0.25) is 9.59 Å². The van der Waals surface area contributed by atoms with Crippen LogP contribution in [0, 0.1) is 5.92 Å². The van der Waals surface area contributed by atoms with Gasteiger partial charge in [-0.1, -0.05) is 13.8 Å². The van der Waals surface area contributed by atoms with E-state index in [1.807, 2.05) is 13.8 Å². The summed E-state index contributed by atoms with van der Waals surface area (Å²) >= 11 is 1.11. The average molecular weight is 313 g/mol. The maximum atomic E-state index is 11.8. The molecule has 0 aliphatic carbocycles. The van der Waals surface area contributed by atoms with Crippen molar-refractivity contribution in [3.05, 3.63) is 11.1 Å². The minimum absolute atomic E-state index is 0.0623. The molecule has 1 unspecified atom stereocenters. The molecule has 0 aliphatic heterocycles. The number of hydrogen-bond acceptors (Lipinski definition) is 6. The number of hydrogen-bond donors (Lipinski definition) is 2. The molecule has 0 aliphatic rings. The number of rotatable bonds is 6. The predicted octanol–water partition coefficient (Wildman–Crippen LogP) is 1.42. The largest absolute Gasteiger partial charge is 0.448 e. The lowest BCUT2D eigenvalue weighted by Crippen LogP contribution is -2.37. The Morgan fingerprint density at radius 1 is 1.33 bits per heavy atom. The van der Waals surface area contributed by atoms with Crippen LogP contribution in [-0.2, 0) is 14.3 Å². The van der Waals surface area contributed by atoms with Gasteiger partial charge in [0.1, 0.15) is 0 Å². The van der Waals surface area contributed by atoms with Gasteiger partial charge in [0.15, 0.2) is 16.9 Å². The number of nitrogens with zero attached hydrogens (tertiary/aromatic N) is 1. The highest BCUT2D eigenvalue weighted by Gasteiger charge is 2.20. The lowest BCUT2D eigenvalue weighted by atomic mass is 10.2. The zero-order valence-corrected chi connectivity index (χ0v) is 13.2. The molecule has 2 N–H and O–H groups in total. The van der Waals surface area contributed by atoms with Crippen LogP contribution in [0.25, 0.3) is 0 Å². The summed E-state index contributed by atoms with van der Waals surface area (Å²) in [6, 6.07) is 0. The van der Waals surface area contributed by atoms with Crippen LogP contribution >= 0.6 is 11.3 Å². The van der Waals surface area contributed by atoms with Crippen molar-refractivity contribution in [2.24, 2.45) is 5.92 Å². The number of nitrogens with one attached hydrogen (secondary N) is 2. The molecular formula is C13H19N3O4S. The molecule has 0 fully saturated rings. The fraction of sp³-hybridized carbons (Fsp3) is 0.538.